The Bertz CT molecular complexity index is 913. The Morgan fingerprint density at radius 1 is 1.24 bits per heavy atom. The zero-order valence-electron chi connectivity index (χ0n) is 17.2. The molecule has 1 spiro atoms. The summed E-state index contributed by atoms with van der Waals surface area (Å²) in [6.07, 6.45) is 4.49. The summed E-state index contributed by atoms with van der Waals surface area (Å²) in [6.45, 7) is 4.28. The Balaban J connectivity index is 1.67. The van der Waals surface area contributed by atoms with Crippen molar-refractivity contribution < 1.29 is 18.8 Å². The van der Waals surface area contributed by atoms with E-state index in [4.69, 9.17) is 9.26 Å². The molecule has 2 aromatic rings. The standard InChI is InChI=1S/C22H27N3O4/c1-4-18-20(15(2)29-23-18)21(27)24-13-19(26)25(22(14-24)11-5-6-12-22)16-7-9-17(28-3)10-8-16/h7-10H,4-6,11-14H2,1-3H3. The highest BCUT2D eigenvalue weighted by molar-refractivity contribution is 6.03. The zero-order chi connectivity index (χ0) is 20.6. The van der Waals surface area contributed by atoms with Crippen LogP contribution in [0.2, 0.25) is 0 Å². The fourth-order valence-electron chi connectivity index (χ4n) is 4.78. The first-order chi connectivity index (χ1) is 14.0. The van der Waals surface area contributed by atoms with E-state index in [9.17, 15) is 9.59 Å². The van der Waals surface area contributed by atoms with E-state index in [1.165, 1.54) is 0 Å². The van der Waals surface area contributed by atoms with Crippen molar-refractivity contribution in [1.82, 2.24) is 10.1 Å². The first-order valence-electron chi connectivity index (χ1n) is 10.2. The van der Waals surface area contributed by atoms with E-state index in [1.807, 2.05) is 36.1 Å². The van der Waals surface area contributed by atoms with Crippen molar-refractivity contribution in [2.24, 2.45) is 0 Å². The quantitative estimate of drug-likeness (QED) is 0.791. The number of carbonyl (C=O) groups is 2. The molecule has 1 aliphatic carbocycles. The second kappa shape index (κ2) is 7.54. The van der Waals surface area contributed by atoms with Gasteiger partial charge in [-0.15, -0.1) is 0 Å². The molecular weight excluding hydrogens is 370 g/mol. The van der Waals surface area contributed by atoms with Crippen molar-refractivity contribution in [2.45, 2.75) is 51.5 Å². The molecule has 1 saturated heterocycles. The molecule has 1 aromatic heterocycles. The third-order valence-electron chi connectivity index (χ3n) is 6.17. The van der Waals surface area contributed by atoms with E-state index < -0.39 is 0 Å². The molecular formula is C22H27N3O4. The second-order valence-corrected chi connectivity index (χ2v) is 7.93. The summed E-state index contributed by atoms with van der Waals surface area (Å²) in [7, 11) is 1.63. The van der Waals surface area contributed by atoms with Gasteiger partial charge in [-0.1, -0.05) is 24.9 Å². The minimum absolute atomic E-state index is 0.0520. The van der Waals surface area contributed by atoms with Crippen molar-refractivity contribution in [3.8, 4) is 5.75 Å². The highest BCUT2D eigenvalue weighted by Gasteiger charge is 2.49. The summed E-state index contributed by atoms with van der Waals surface area (Å²) in [4.78, 5) is 30.2. The Labute approximate surface area is 170 Å². The average Bonchev–Trinajstić information content (AvgIpc) is 3.34. The normalized spacial score (nSPS) is 18.5. The summed E-state index contributed by atoms with van der Waals surface area (Å²) in [5, 5.41) is 4.01. The van der Waals surface area contributed by atoms with Crippen molar-refractivity contribution in [1.29, 1.82) is 0 Å². The molecule has 0 atom stereocenters. The molecule has 2 amide bonds. The van der Waals surface area contributed by atoms with Crippen molar-refractivity contribution in [3.05, 3.63) is 41.3 Å². The number of piperazine rings is 1. The lowest BCUT2D eigenvalue weighted by Crippen LogP contribution is -2.65. The van der Waals surface area contributed by atoms with Crippen LogP contribution in [0.3, 0.4) is 0 Å². The van der Waals surface area contributed by atoms with E-state index in [0.29, 0.717) is 30.0 Å². The van der Waals surface area contributed by atoms with Gasteiger partial charge >= 0.3 is 0 Å². The van der Waals surface area contributed by atoms with Crippen LogP contribution in [0.4, 0.5) is 5.69 Å². The summed E-state index contributed by atoms with van der Waals surface area (Å²) >= 11 is 0. The van der Waals surface area contributed by atoms with Crippen LogP contribution in [0, 0.1) is 6.92 Å². The van der Waals surface area contributed by atoms with Crippen molar-refractivity contribution >= 4 is 17.5 Å². The van der Waals surface area contributed by atoms with Gasteiger partial charge in [0.2, 0.25) is 5.91 Å². The highest BCUT2D eigenvalue weighted by Crippen LogP contribution is 2.42. The lowest BCUT2D eigenvalue weighted by molar-refractivity contribution is -0.123. The third-order valence-corrected chi connectivity index (χ3v) is 6.17. The molecule has 1 saturated carbocycles. The molecule has 154 valence electrons. The van der Waals surface area contributed by atoms with Crippen LogP contribution in [0.5, 0.6) is 5.75 Å². The number of aryl methyl sites for hydroxylation is 2. The van der Waals surface area contributed by atoms with Gasteiger partial charge in [0.25, 0.3) is 5.91 Å². The third kappa shape index (κ3) is 3.28. The van der Waals surface area contributed by atoms with Gasteiger partial charge in [0, 0.05) is 12.2 Å². The number of hydrogen-bond donors (Lipinski definition) is 0. The monoisotopic (exact) mass is 397 g/mol. The lowest BCUT2D eigenvalue weighted by atomic mass is 9.90. The molecule has 0 bridgehead atoms. The van der Waals surface area contributed by atoms with Crippen LogP contribution in [-0.4, -0.2) is 47.6 Å². The molecule has 1 aliphatic heterocycles. The van der Waals surface area contributed by atoms with Gasteiger partial charge in [-0.3, -0.25) is 9.59 Å². The van der Waals surface area contributed by atoms with E-state index in [-0.39, 0.29) is 23.9 Å². The summed E-state index contributed by atoms with van der Waals surface area (Å²) < 4.78 is 10.5. The molecule has 4 rings (SSSR count). The van der Waals surface area contributed by atoms with Crippen LogP contribution in [-0.2, 0) is 11.2 Å². The van der Waals surface area contributed by atoms with Gasteiger partial charge < -0.3 is 19.1 Å². The van der Waals surface area contributed by atoms with Crippen LogP contribution in [0.1, 0.15) is 54.4 Å². The molecule has 7 heteroatoms. The molecule has 29 heavy (non-hydrogen) atoms. The number of nitrogens with zero attached hydrogens (tertiary/aromatic N) is 3. The number of amides is 2. The predicted molar refractivity (Wildman–Crippen MR) is 108 cm³/mol. The Kier molecular flexibility index (Phi) is 5.06. The Morgan fingerprint density at radius 2 is 1.93 bits per heavy atom. The maximum atomic E-state index is 13.3. The van der Waals surface area contributed by atoms with Gasteiger partial charge in [0.05, 0.1) is 18.3 Å². The second-order valence-electron chi connectivity index (χ2n) is 7.93. The minimum atomic E-state index is -0.364. The summed E-state index contributed by atoms with van der Waals surface area (Å²) in [5.41, 5.74) is 1.65. The van der Waals surface area contributed by atoms with E-state index in [1.54, 1.807) is 18.9 Å². The SMILES string of the molecule is CCc1noc(C)c1C(=O)N1CC(=O)N(c2ccc(OC)cc2)C2(CCCC2)C1. The van der Waals surface area contributed by atoms with Crippen LogP contribution >= 0.6 is 0 Å². The smallest absolute Gasteiger partial charge is 0.259 e. The van der Waals surface area contributed by atoms with E-state index in [2.05, 4.69) is 5.16 Å². The first kappa shape index (κ1) is 19.5. The topological polar surface area (TPSA) is 75.9 Å². The summed E-state index contributed by atoms with van der Waals surface area (Å²) in [5.74, 6) is 1.06. The Morgan fingerprint density at radius 3 is 2.55 bits per heavy atom. The van der Waals surface area contributed by atoms with Gasteiger partial charge in [-0.2, -0.15) is 0 Å². The van der Waals surface area contributed by atoms with Gasteiger partial charge in [-0.25, -0.2) is 0 Å². The molecule has 2 aliphatic rings. The zero-order valence-corrected chi connectivity index (χ0v) is 17.2. The minimum Gasteiger partial charge on any atom is -0.497 e. The van der Waals surface area contributed by atoms with Crippen molar-refractivity contribution in [2.75, 3.05) is 25.1 Å². The maximum Gasteiger partial charge on any atom is 0.259 e. The van der Waals surface area contributed by atoms with Gasteiger partial charge in [0.15, 0.2) is 0 Å². The molecule has 1 aromatic carbocycles. The highest BCUT2D eigenvalue weighted by atomic mass is 16.5. The number of ether oxygens (including phenoxy) is 1. The summed E-state index contributed by atoms with van der Waals surface area (Å²) in [6, 6.07) is 7.59. The average molecular weight is 397 g/mol. The number of methoxy groups -OCH3 is 1. The number of rotatable bonds is 4. The fraction of sp³-hybridized carbons (Fsp3) is 0.500. The molecule has 7 nitrogen and oxygen atoms in total. The van der Waals surface area contributed by atoms with Gasteiger partial charge in [-0.05, 0) is 50.5 Å². The van der Waals surface area contributed by atoms with E-state index >= 15 is 0 Å². The number of anilines is 1. The molecule has 2 heterocycles. The van der Waals surface area contributed by atoms with E-state index in [0.717, 1.165) is 37.1 Å². The molecule has 0 unspecified atom stereocenters. The largest absolute Gasteiger partial charge is 0.497 e. The molecule has 0 N–H and O–H groups in total. The number of carbonyl (C=O) groups excluding carboxylic acids is 2. The molecule has 0 radical (unpaired) electrons. The fourth-order valence-corrected chi connectivity index (χ4v) is 4.78. The van der Waals surface area contributed by atoms with Crippen LogP contribution < -0.4 is 9.64 Å². The maximum absolute atomic E-state index is 13.3. The van der Waals surface area contributed by atoms with Crippen LogP contribution in [0.25, 0.3) is 0 Å². The Hall–Kier alpha value is -2.83. The number of benzene rings is 1. The first-order valence-corrected chi connectivity index (χ1v) is 10.2. The molecule has 2 fully saturated rings. The predicted octanol–water partition coefficient (Wildman–Crippen LogP) is 3.36. The number of aromatic nitrogens is 1. The van der Waals surface area contributed by atoms with Crippen LogP contribution in [0.15, 0.2) is 28.8 Å². The lowest BCUT2D eigenvalue weighted by Gasteiger charge is -2.48. The van der Waals surface area contributed by atoms with Gasteiger partial charge in [0.1, 0.15) is 23.6 Å². The van der Waals surface area contributed by atoms with Crippen molar-refractivity contribution in [3.63, 3.8) is 0 Å². The number of hydrogen-bond acceptors (Lipinski definition) is 5.